The first-order valence-electron chi connectivity index (χ1n) is 5.41. The van der Waals surface area contributed by atoms with Crippen LogP contribution in [0.15, 0.2) is 35.4 Å². The van der Waals surface area contributed by atoms with Gasteiger partial charge >= 0.3 is 5.69 Å². The lowest BCUT2D eigenvalue weighted by Gasteiger charge is -2.05. The molecule has 0 atom stereocenters. The normalized spacial score (nSPS) is 10.7. The van der Waals surface area contributed by atoms with Gasteiger partial charge in [-0.2, -0.15) is 0 Å². The van der Waals surface area contributed by atoms with E-state index in [2.05, 4.69) is 0 Å². The van der Waals surface area contributed by atoms with E-state index in [0.717, 1.165) is 5.56 Å². The van der Waals surface area contributed by atoms with E-state index >= 15 is 0 Å². The molecule has 2 N–H and O–H groups in total. The van der Waals surface area contributed by atoms with Crippen molar-refractivity contribution < 1.29 is 4.39 Å². The van der Waals surface area contributed by atoms with Crippen LogP contribution in [0.5, 0.6) is 0 Å². The topological polar surface area (TPSA) is 52.9 Å². The molecule has 0 spiro atoms. The van der Waals surface area contributed by atoms with E-state index in [-0.39, 0.29) is 11.5 Å². The first-order valence-corrected chi connectivity index (χ1v) is 5.41. The minimum Gasteiger partial charge on any atom is -0.398 e. The van der Waals surface area contributed by atoms with Gasteiger partial charge in [-0.25, -0.2) is 9.18 Å². The maximum absolute atomic E-state index is 12.9. The van der Waals surface area contributed by atoms with Crippen LogP contribution >= 0.6 is 0 Å². The summed E-state index contributed by atoms with van der Waals surface area (Å²) in [6.07, 6.45) is 3.43. The Morgan fingerprint density at radius 1 is 1.29 bits per heavy atom. The van der Waals surface area contributed by atoms with Crippen molar-refractivity contribution in [1.82, 2.24) is 9.13 Å². The van der Waals surface area contributed by atoms with E-state index in [1.807, 2.05) is 6.92 Å². The predicted molar refractivity (Wildman–Crippen MR) is 64.3 cm³/mol. The molecular formula is C12H14FN3O. The smallest absolute Gasteiger partial charge is 0.328 e. The van der Waals surface area contributed by atoms with Crippen molar-refractivity contribution in [3.8, 4) is 0 Å². The Morgan fingerprint density at radius 3 is 2.59 bits per heavy atom. The second-order valence-corrected chi connectivity index (χ2v) is 3.84. The Balaban J connectivity index is 2.31. The largest absolute Gasteiger partial charge is 0.398 e. The van der Waals surface area contributed by atoms with E-state index in [1.54, 1.807) is 27.6 Å². The van der Waals surface area contributed by atoms with Gasteiger partial charge in [0.05, 0.1) is 6.54 Å². The van der Waals surface area contributed by atoms with Crippen molar-refractivity contribution in [2.75, 3.05) is 5.73 Å². The van der Waals surface area contributed by atoms with Crippen molar-refractivity contribution in [2.24, 2.45) is 0 Å². The van der Waals surface area contributed by atoms with Gasteiger partial charge in [0.1, 0.15) is 5.82 Å². The molecule has 0 amide bonds. The van der Waals surface area contributed by atoms with Gasteiger partial charge in [0.25, 0.3) is 0 Å². The lowest BCUT2D eigenvalue weighted by Crippen LogP contribution is -2.24. The number of benzene rings is 1. The number of nitrogen functional groups attached to an aromatic ring is 1. The Morgan fingerprint density at radius 2 is 2.00 bits per heavy atom. The summed E-state index contributed by atoms with van der Waals surface area (Å²) in [4.78, 5) is 11.8. The highest BCUT2D eigenvalue weighted by molar-refractivity contribution is 5.46. The molecule has 90 valence electrons. The number of aromatic nitrogens is 2. The van der Waals surface area contributed by atoms with Crippen molar-refractivity contribution in [2.45, 2.75) is 20.0 Å². The summed E-state index contributed by atoms with van der Waals surface area (Å²) in [6.45, 7) is 2.89. The van der Waals surface area contributed by atoms with Gasteiger partial charge < -0.3 is 5.73 Å². The van der Waals surface area contributed by atoms with Crippen LogP contribution in [0.2, 0.25) is 0 Å². The molecule has 0 unspecified atom stereocenters. The number of hydrogen-bond acceptors (Lipinski definition) is 2. The summed E-state index contributed by atoms with van der Waals surface area (Å²) in [5.74, 6) is -0.371. The average molecular weight is 235 g/mol. The Kier molecular flexibility index (Phi) is 2.99. The molecule has 4 nitrogen and oxygen atoms in total. The summed E-state index contributed by atoms with van der Waals surface area (Å²) >= 11 is 0. The van der Waals surface area contributed by atoms with E-state index in [9.17, 15) is 9.18 Å². The maximum Gasteiger partial charge on any atom is 0.328 e. The zero-order valence-corrected chi connectivity index (χ0v) is 9.56. The van der Waals surface area contributed by atoms with Gasteiger partial charge in [-0.3, -0.25) is 9.13 Å². The number of nitrogens with two attached hydrogens (primary N) is 1. The molecule has 0 bridgehead atoms. The van der Waals surface area contributed by atoms with E-state index in [4.69, 9.17) is 5.73 Å². The third-order valence-corrected chi connectivity index (χ3v) is 2.71. The molecule has 0 aliphatic carbocycles. The molecule has 1 aromatic carbocycles. The van der Waals surface area contributed by atoms with E-state index in [0.29, 0.717) is 18.8 Å². The molecule has 0 fully saturated rings. The molecule has 1 heterocycles. The van der Waals surface area contributed by atoms with Crippen LogP contribution in [0.1, 0.15) is 12.5 Å². The minimum atomic E-state index is -0.371. The molecule has 2 aromatic rings. The van der Waals surface area contributed by atoms with Gasteiger partial charge in [0, 0.05) is 24.6 Å². The van der Waals surface area contributed by atoms with Crippen molar-refractivity contribution in [1.29, 1.82) is 0 Å². The summed E-state index contributed by atoms with van der Waals surface area (Å²) in [7, 11) is 0. The molecule has 17 heavy (non-hydrogen) atoms. The van der Waals surface area contributed by atoms with Gasteiger partial charge in [-0.1, -0.05) is 6.07 Å². The van der Waals surface area contributed by atoms with Crippen LogP contribution in [0, 0.1) is 5.82 Å². The van der Waals surface area contributed by atoms with Gasteiger partial charge in [0.2, 0.25) is 0 Å². The van der Waals surface area contributed by atoms with E-state index in [1.165, 1.54) is 12.1 Å². The number of hydrogen-bond donors (Lipinski definition) is 1. The predicted octanol–water partition coefficient (Wildman–Crippen LogP) is 1.44. The molecule has 1 aromatic heterocycles. The summed E-state index contributed by atoms with van der Waals surface area (Å²) < 4.78 is 16.0. The lowest BCUT2D eigenvalue weighted by molar-refractivity contribution is 0.626. The van der Waals surface area contributed by atoms with Crippen LogP contribution in [0.3, 0.4) is 0 Å². The van der Waals surface area contributed by atoms with Crippen LogP contribution in [0.4, 0.5) is 10.1 Å². The molecule has 2 rings (SSSR count). The monoisotopic (exact) mass is 235 g/mol. The lowest BCUT2D eigenvalue weighted by atomic mass is 10.2. The standard InChI is InChI=1S/C12H14FN3O/c1-2-15-5-6-16(12(15)17)8-9-3-4-10(13)7-11(9)14/h3-7H,2,8,14H2,1H3. The third kappa shape index (κ3) is 2.22. The second-order valence-electron chi connectivity index (χ2n) is 3.84. The van der Waals surface area contributed by atoms with Gasteiger partial charge in [0.15, 0.2) is 0 Å². The highest BCUT2D eigenvalue weighted by Gasteiger charge is 2.05. The van der Waals surface area contributed by atoms with E-state index < -0.39 is 0 Å². The van der Waals surface area contributed by atoms with Crippen LogP contribution in [-0.2, 0) is 13.1 Å². The molecule has 0 saturated heterocycles. The van der Waals surface area contributed by atoms with Crippen molar-refractivity contribution in [3.63, 3.8) is 0 Å². The number of anilines is 1. The summed E-state index contributed by atoms with van der Waals surface area (Å²) in [6, 6.07) is 4.20. The van der Waals surface area contributed by atoms with Crippen LogP contribution in [-0.4, -0.2) is 9.13 Å². The second kappa shape index (κ2) is 4.45. The quantitative estimate of drug-likeness (QED) is 0.818. The molecule has 0 aliphatic rings. The highest BCUT2D eigenvalue weighted by Crippen LogP contribution is 2.14. The Labute approximate surface area is 98.1 Å². The molecule has 0 aliphatic heterocycles. The fraction of sp³-hybridized carbons (Fsp3) is 0.250. The average Bonchev–Trinajstić information content (AvgIpc) is 2.64. The first-order chi connectivity index (χ1) is 8.11. The molecular weight excluding hydrogens is 221 g/mol. The number of imidazole rings is 1. The van der Waals surface area contributed by atoms with Crippen LogP contribution in [0.25, 0.3) is 0 Å². The SMILES string of the molecule is CCn1ccn(Cc2ccc(F)cc2N)c1=O. The Hall–Kier alpha value is -2.04. The number of halogens is 1. The van der Waals surface area contributed by atoms with Crippen molar-refractivity contribution >= 4 is 5.69 Å². The first kappa shape index (κ1) is 11.4. The molecule has 5 heteroatoms. The zero-order valence-electron chi connectivity index (χ0n) is 9.56. The number of aryl methyl sites for hydroxylation is 1. The number of rotatable bonds is 3. The highest BCUT2D eigenvalue weighted by atomic mass is 19.1. The zero-order chi connectivity index (χ0) is 12.4. The van der Waals surface area contributed by atoms with Crippen molar-refractivity contribution in [3.05, 3.63) is 52.5 Å². The van der Waals surface area contributed by atoms with Crippen LogP contribution < -0.4 is 11.4 Å². The molecule has 0 saturated carbocycles. The fourth-order valence-electron chi connectivity index (χ4n) is 1.71. The van der Waals surface area contributed by atoms with Gasteiger partial charge in [-0.05, 0) is 24.6 Å². The number of nitrogens with zero attached hydrogens (tertiary/aromatic N) is 2. The fourth-order valence-corrected chi connectivity index (χ4v) is 1.71. The summed E-state index contributed by atoms with van der Waals surface area (Å²) in [5.41, 5.74) is 6.71. The molecule has 0 radical (unpaired) electrons. The van der Waals surface area contributed by atoms with Gasteiger partial charge in [-0.15, -0.1) is 0 Å². The Bertz CT molecular complexity index is 586. The minimum absolute atomic E-state index is 0.0868. The summed E-state index contributed by atoms with van der Waals surface area (Å²) in [5, 5.41) is 0. The third-order valence-electron chi connectivity index (χ3n) is 2.71. The maximum atomic E-state index is 12.9.